The maximum atomic E-state index is 12.4. The van der Waals surface area contributed by atoms with Gasteiger partial charge in [0.2, 0.25) is 11.8 Å². The normalized spacial score (nSPS) is 16.5. The SMILES string of the molecule is CCCCCC(=O)N1CCN=C1CCCCC1=NCCN1C(=O)CCCCC. The number of amidine groups is 2. The van der Waals surface area contributed by atoms with Gasteiger partial charge in [-0.05, 0) is 25.7 Å². The standard InChI is InChI=1S/C22H38N4O2/c1-3-5-7-13-21(27)25-17-15-23-19(25)11-9-10-12-20-24-16-18-26(20)22(28)14-8-6-4-2/h3-18H2,1-2H3. The van der Waals surface area contributed by atoms with Crippen molar-refractivity contribution >= 4 is 23.5 Å². The third kappa shape index (κ3) is 7.02. The lowest BCUT2D eigenvalue weighted by molar-refractivity contribution is -0.128. The van der Waals surface area contributed by atoms with Crippen LogP contribution in [0.1, 0.15) is 90.9 Å². The Morgan fingerprint density at radius 3 is 1.54 bits per heavy atom. The average molecular weight is 391 g/mol. The van der Waals surface area contributed by atoms with Gasteiger partial charge in [0.25, 0.3) is 0 Å². The molecule has 0 aliphatic carbocycles. The molecule has 0 radical (unpaired) electrons. The van der Waals surface area contributed by atoms with Crippen molar-refractivity contribution in [1.29, 1.82) is 0 Å². The number of hydrogen-bond acceptors (Lipinski definition) is 4. The second-order valence-electron chi connectivity index (χ2n) is 7.81. The molecule has 2 aliphatic rings. The van der Waals surface area contributed by atoms with Crippen molar-refractivity contribution in [3.63, 3.8) is 0 Å². The first-order chi connectivity index (χ1) is 13.7. The minimum atomic E-state index is 0.230. The number of carbonyl (C=O) groups is 2. The first-order valence-corrected chi connectivity index (χ1v) is 11.3. The Bertz CT molecular complexity index is 521. The lowest BCUT2D eigenvalue weighted by Gasteiger charge is -2.20. The summed E-state index contributed by atoms with van der Waals surface area (Å²) in [5, 5.41) is 0. The Hall–Kier alpha value is -1.72. The van der Waals surface area contributed by atoms with E-state index in [1.807, 2.05) is 9.80 Å². The molecule has 2 rings (SSSR count). The summed E-state index contributed by atoms with van der Waals surface area (Å²) < 4.78 is 0. The number of nitrogens with zero attached hydrogens (tertiary/aromatic N) is 4. The van der Waals surface area contributed by atoms with E-state index in [1.165, 1.54) is 0 Å². The number of hydrogen-bond donors (Lipinski definition) is 0. The van der Waals surface area contributed by atoms with Gasteiger partial charge in [0.05, 0.1) is 13.1 Å². The number of carbonyl (C=O) groups excluding carboxylic acids is 2. The van der Waals surface area contributed by atoms with Gasteiger partial charge in [-0.15, -0.1) is 0 Å². The lowest BCUT2D eigenvalue weighted by atomic mass is 10.1. The maximum absolute atomic E-state index is 12.4. The minimum Gasteiger partial charge on any atom is -0.299 e. The smallest absolute Gasteiger partial charge is 0.227 e. The first kappa shape index (κ1) is 22.6. The van der Waals surface area contributed by atoms with E-state index in [4.69, 9.17) is 0 Å². The monoisotopic (exact) mass is 390 g/mol. The quantitative estimate of drug-likeness (QED) is 0.443. The highest BCUT2D eigenvalue weighted by Crippen LogP contribution is 2.16. The second-order valence-corrected chi connectivity index (χ2v) is 7.81. The first-order valence-electron chi connectivity index (χ1n) is 11.3. The number of rotatable bonds is 13. The van der Waals surface area contributed by atoms with E-state index < -0.39 is 0 Å². The third-order valence-electron chi connectivity index (χ3n) is 5.50. The van der Waals surface area contributed by atoms with Gasteiger partial charge in [-0.2, -0.15) is 0 Å². The summed E-state index contributed by atoms with van der Waals surface area (Å²) in [5.74, 6) is 2.38. The highest BCUT2D eigenvalue weighted by Gasteiger charge is 2.24. The summed E-state index contributed by atoms with van der Waals surface area (Å²) in [5.41, 5.74) is 0. The van der Waals surface area contributed by atoms with E-state index in [9.17, 15) is 9.59 Å². The molecule has 0 saturated heterocycles. The van der Waals surface area contributed by atoms with Crippen molar-refractivity contribution in [3.8, 4) is 0 Å². The molecule has 0 aromatic carbocycles. The average Bonchev–Trinajstić information content (AvgIpc) is 3.35. The van der Waals surface area contributed by atoms with Crippen LogP contribution in [0.2, 0.25) is 0 Å². The van der Waals surface area contributed by atoms with Gasteiger partial charge in [0, 0.05) is 38.8 Å². The van der Waals surface area contributed by atoms with E-state index in [0.29, 0.717) is 12.8 Å². The predicted molar refractivity (Wildman–Crippen MR) is 115 cm³/mol. The van der Waals surface area contributed by atoms with Crippen LogP contribution in [-0.4, -0.2) is 59.5 Å². The van der Waals surface area contributed by atoms with Crippen LogP contribution in [-0.2, 0) is 9.59 Å². The van der Waals surface area contributed by atoms with Gasteiger partial charge in [-0.1, -0.05) is 39.5 Å². The Morgan fingerprint density at radius 2 is 1.14 bits per heavy atom. The van der Waals surface area contributed by atoms with Gasteiger partial charge in [-0.25, -0.2) is 0 Å². The molecule has 0 N–H and O–H groups in total. The molecule has 6 heteroatoms. The molecule has 158 valence electrons. The fraction of sp³-hybridized carbons (Fsp3) is 0.818. The zero-order chi connectivity index (χ0) is 20.2. The molecular formula is C22H38N4O2. The van der Waals surface area contributed by atoms with E-state index in [0.717, 1.165) is 102 Å². The molecule has 0 atom stereocenters. The van der Waals surface area contributed by atoms with Gasteiger partial charge in [0.1, 0.15) is 11.7 Å². The van der Waals surface area contributed by atoms with Gasteiger partial charge >= 0.3 is 0 Å². The number of unbranched alkanes of at least 4 members (excludes halogenated alkanes) is 5. The summed E-state index contributed by atoms with van der Waals surface area (Å²) in [6, 6.07) is 0. The molecule has 0 saturated carbocycles. The maximum Gasteiger partial charge on any atom is 0.227 e. The number of amides is 2. The summed E-state index contributed by atoms with van der Waals surface area (Å²) in [7, 11) is 0. The molecule has 0 spiro atoms. The fourth-order valence-electron chi connectivity index (χ4n) is 3.84. The van der Waals surface area contributed by atoms with E-state index in [1.54, 1.807) is 0 Å². The topological polar surface area (TPSA) is 65.3 Å². The molecule has 2 heterocycles. The van der Waals surface area contributed by atoms with Gasteiger partial charge < -0.3 is 0 Å². The fourth-order valence-corrected chi connectivity index (χ4v) is 3.84. The molecule has 28 heavy (non-hydrogen) atoms. The molecule has 2 aliphatic heterocycles. The van der Waals surface area contributed by atoms with Crippen molar-refractivity contribution < 1.29 is 9.59 Å². The molecule has 0 aromatic heterocycles. The highest BCUT2D eigenvalue weighted by molar-refractivity contribution is 6.00. The van der Waals surface area contributed by atoms with Crippen molar-refractivity contribution in [2.24, 2.45) is 9.98 Å². The van der Waals surface area contributed by atoms with Gasteiger partial charge in [0.15, 0.2) is 0 Å². The molecule has 0 fully saturated rings. The van der Waals surface area contributed by atoms with Crippen molar-refractivity contribution in [2.75, 3.05) is 26.2 Å². The van der Waals surface area contributed by atoms with Crippen LogP contribution in [0.15, 0.2) is 9.98 Å². The highest BCUT2D eigenvalue weighted by atomic mass is 16.2. The van der Waals surface area contributed by atoms with Crippen LogP contribution in [0, 0.1) is 0 Å². The predicted octanol–water partition coefficient (Wildman–Crippen LogP) is 4.19. The van der Waals surface area contributed by atoms with Crippen molar-refractivity contribution in [1.82, 2.24) is 9.80 Å². The summed E-state index contributed by atoms with van der Waals surface area (Å²) in [6.45, 7) is 7.27. The van der Waals surface area contributed by atoms with Crippen molar-refractivity contribution in [2.45, 2.75) is 90.9 Å². The van der Waals surface area contributed by atoms with Crippen LogP contribution < -0.4 is 0 Å². The van der Waals surface area contributed by atoms with E-state index in [-0.39, 0.29) is 11.8 Å². The largest absolute Gasteiger partial charge is 0.299 e. The lowest BCUT2D eigenvalue weighted by Crippen LogP contribution is -2.34. The van der Waals surface area contributed by atoms with Crippen LogP contribution in [0.5, 0.6) is 0 Å². The zero-order valence-electron chi connectivity index (χ0n) is 17.9. The third-order valence-corrected chi connectivity index (χ3v) is 5.50. The molecule has 6 nitrogen and oxygen atoms in total. The molecular weight excluding hydrogens is 352 g/mol. The van der Waals surface area contributed by atoms with E-state index in [2.05, 4.69) is 23.8 Å². The molecule has 2 amide bonds. The Balaban J connectivity index is 1.68. The minimum absolute atomic E-state index is 0.230. The molecule has 0 aromatic rings. The van der Waals surface area contributed by atoms with Crippen LogP contribution >= 0.6 is 0 Å². The zero-order valence-corrected chi connectivity index (χ0v) is 17.9. The van der Waals surface area contributed by atoms with Gasteiger partial charge in [-0.3, -0.25) is 29.4 Å². The Morgan fingerprint density at radius 1 is 0.714 bits per heavy atom. The summed E-state index contributed by atoms with van der Waals surface area (Å²) in [6.07, 6.45) is 11.4. The molecule has 0 bridgehead atoms. The summed E-state index contributed by atoms with van der Waals surface area (Å²) in [4.78, 5) is 37.6. The molecule has 0 unspecified atom stereocenters. The second kappa shape index (κ2) is 12.7. The Labute approximate surface area is 170 Å². The van der Waals surface area contributed by atoms with Crippen LogP contribution in [0.4, 0.5) is 0 Å². The summed E-state index contributed by atoms with van der Waals surface area (Å²) >= 11 is 0. The van der Waals surface area contributed by atoms with Crippen LogP contribution in [0.25, 0.3) is 0 Å². The van der Waals surface area contributed by atoms with Crippen molar-refractivity contribution in [3.05, 3.63) is 0 Å². The number of aliphatic imine (C=N–C) groups is 2. The Kier molecular flexibility index (Phi) is 10.2. The van der Waals surface area contributed by atoms with Crippen LogP contribution in [0.3, 0.4) is 0 Å². The van der Waals surface area contributed by atoms with E-state index >= 15 is 0 Å².